The van der Waals surface area contributed by atoms with Crippen LogP contribution in [0.15, 0.2) is 24.3 Å². The van der Waals surface area contributed by atoms with Crippen LogP contribution in [-0.4, -0.2) is 18.2 Å². The van der Waals surface area contributed by atoms with Crippen molar-refractivity contribution in [3.8, 4) is 0 Å². The normalized spacial score (nSPS) is 14.8. The summed E-state index contributed by atoms with van der Waals surface area (Å²) in [5, 5.41) is 10.6. The Bertz CT molecular complexity index is 428. The minimum Gasteiger partial charge on any atom is -0.467 e. The standard InChI is InChI=1S/C16H24O3/c1-6-11-16(18,14(17)19-5)13-9-7-12(8-10-13)15(2,3)4/h7-10,18H,6,11H2,1-5H3/t16-/m0/s1. The molecule has 0 aliphatic carbocycles. The van der Waals surface area contributed by atoms with E-state index >= 15 is 0 Å². The van der Waals surface area contributed by atoms with Crippen LogP contribution in [0.4, 0.5) is 0 Å². The number of aliphatic hydroxyl groups is 1. The minimum atomic E-state index is -1.54. The van der Waals surface area contributed by atoms with E-state index in [0.717, 1.165) is 0 Å². The molecule has 0 bridgehead atoms. The van der Waals surface area contributed by atoms with Gasteiger partial charge in [-0.25, -0.2) is 4.79 Å². The fourth-order valence-corrected chi connectivity index (χ4v) is 2.14. The van der Waals surface area contributed by atoms with E-state index < -0.39 is 11.6 Å². The van der Waals surface area contributed by atoms with Gasteiger partial charge in [0.25, 0.3) is 0 Å². The Balaban J connectivity index is 3.15. The van der Waals surface area contributed by atoms with E-state index in [1.807, 2.05) is 31.2 Å². The van der Waals surface area contributed by atoms with Crippen LogP contribution in [0.1, 0.15) is 51.7 Å². The van der Waals surface area contributed by atoms with Crippen molar-refractivity contribution in [3.63, 3.8) is 0 Å². The molecule has 0 saturated heterocycles. The highest BCUT2D eigenvalue weighted by molar-refractivity contribution is 5.81. The molecule has 0 spiro atoms. The first kappa shape index (κ1) is 15.7. The Morgan fingerprint density at radius 1 is 1.16 bits per heavy atom. The third-order valence-electron chi connectivity index (χ3n) is 3.36. The number of methoxy groups -OCH3 is 1. The molecule has 0 fully saturated rings. The lowest BCUT2D eigenvalue weighted by atomic mass is 9.83. The van der Waals surface area contributed by atoms with E-state index in [1.165, 1.54) is 12.7 Å². The molecule has 0 saturated carbocycles. The van der Waals surface area contributed by atoms with Gasteiger partial charge in [-0.15, -0.1) is 0 Å². The average molecular weight is 264 g/mol. The third kappa shape index (κ3) is 3.35. The summed E-state index contributed by atoms with van der Waals surface area (Å²) in [6.07, 6.45) is 1.06. The van der Waals surface area contributed by atoms with Gasteiger partial charge in [0.15, 0.2) is 5.60 Å². The molecule has 106 valence electrons. The van der Waals surface area contributed by atoms with Crippen LogP contribution in [0.25, 0.3) is 0 Å². The molecule has 3 nitrogen and oxygen atoms in total. The molecule has 3 heteroatoms. The Morgan fingerprint density at radius 3 is 2.00 bits per heavy atom. The van der Waals surface area contributed by atoms with Crippen molar-refractivity contribution in [2.45, 2.75) is 51.6 Å². The Hall–Kier alpha value is -1.35. The molecule has 1 N–H and O–H groups in total. The van der Waals surface area contributed by atoms with E-state index in [0.29, 0.717) is 18.4 Å². The Morgan fingerprint density at radius 2 is 1.63 bits per heavy atom. The fraction of sp³-hybridized carbons (Fsp3) is 0.562. The van der Waals surface area contributed by atoms with Crippen molar-refractivity contribution in [1.82, 2.24) is 0 Å². The van der Waals surface area contributed by atoms with Crippen molar-refractivity contribution in [1.29, 1.82) is 0 Å². The SMILES string of the molecule is CCC[C@@](O)(C(=O)OC)c1ccc(C(C)(C)C)cc1. The number of ether oxygens (including phenoxy) is 1. The van der Waals surface area contributed by atoms with Crippen LogP contribution in [0.2, 0.25) is 0 Å². The first-order valence-corrected chi connectivity index (χ1v) is 6.67. The van der Waals surface area contributed by atoms with Gasteiger partial charge in [0, 0.05) is 0 Å². The van der Waals surface area contributed by atoms with Crippen LogP contribution >= 0.6 is 0 Å². The topological polar surface area (TPSA) is 46.5 Å². The Labute approximate surface area is 115 Å². The van der Waals surface area contributed by atoms with Gasteiger partial charge in [0.05, 0.1) is 7.11 Å². The Kier molecular flexibility index (Phi) is 4.75. The lowest BCUT2D eigenvalue weighted by molar-refractivity contribution is -0.164. The summed E-state index contributed by atoms with van der Waals surface area (Å²) in [5.41, 5.74) is 0.265. The highest BCUT2D eigenvalue weighted by atomic mass is 16.5. The van der Waals surface area contributed by atoms with Crippen molar-refractivity contribution >= 4 is 5.97 Å². The van der Waals surface area contributed by atoms with Crippen molar-refractivity contribution in [2.75, 3.05) is 7.11 Å². The molecule has 1 atom stereocenters. The first-order chi connectivity index (χ1) is 8.75. The van der Waals surface area contributed by atoms with E-state index in [4.69, 9.17) is 4.74 Å². The maximum atomic E-state index is 11.8. The van der Waals surface area contributed by atoms with Crippen LogP contribution in [-0.2, 0) is 20.5 Å². The maximum absolute atomic E-state index is 11.8. The monoisotopic (exact) mass is 264 g/mol. The summed E-state index contributed by atoms with van der Waals surface area (Å²) >= 11 is 0. The van der Waals surface area contributed by atoms with Crippen molar-refractivity contribution < 1.29 is 14.6 Å². The number of hydrogen-bond donors (Lipinski definition) is 1. The van der Waals surface area contributed by atoms with Gasteiger partial charge in [-0.3, -0.25) is 0 Å². The zero-order chi connectivity index (χ0) is 14.7. The molecule has 19 heavy (non-hydrogen) atoms. The molecule has 1 aromatic carbocycles. The van der Waals surface area contributed by atoms with E-state index in [9.17, 15) is 9.90 Å². The molecule has 0 amide bonds. The summed E-state index contributed by atoms with van der Waals surface area (Å²) in [4.78, 5) is 11.8. The summed E-state index contributed by atoms with van der Waals surface area (Å²) < 4.78 is 4.73. The van der Waals surface area contributed by atoms with E-state index in [1.54, 1.807) is 0 Å². The molecule has 0 aliphatic heterocycles. The zero-order valence-electron chi connectivity index (χ0n) is 12.5. The first-order valence-electron chi connectivity index (χ1n) is 6.67. The van der Waals surface area contributed by atoms with Gasteiger partial charge in [-0.05, 0) is 23.0 Å². The largest absolute Gasteiger partial charge is 0.467 e. The highest BCUT2D eigenvalue weighted by Gasteiger charge is 2.38. The molecule has 0 aromatic heterocycles. The summed E-state index contributed by atoms with van der Waals surface area (Å²) in [5.74, 6) is -0.599. The average Bonchev–Trinajstić information content (AvgIpc) is 2.37. The second-order valence-electron chi connectivity index (χ2n) is 5.93. The van der Waals surface area contributed by atoms with Gasteiger partial charge >= 0.3 is 5.97 Å². The number of esters is 1. The zero-order valence-corrected chi connectivity index (χ0v) is 12.5. The molecular formula is C16H24O3. The maximum Gasteiger partial charge on any atom is 0.342 e. The molecule has 0 heterocycles. The van der Waals surface area contributed by atoms with Gasteiger partial charge in [0.2, 0.25) is 0 Å². The second kappa shape index (κ2) is 5.74. The number of hydrogen-bond acceptors (Lipinski definition) is 3. The fourth-order valence-electron chi connectivity index (χ4n) is 2.14. The second-order valence-corrected chi connectivity index (χ2v) is 5.93. The van der Waals surface area contributed by atoms with Crippen LogP contribution in [0, 0.1) is 0 Å². The molecular weight excluding hydrogens is 240 g/mol. The van der Waals surface area contributed by atoms with Gasteiger partial charge in [-0.2, -0.15) is 0 Å². The smallest absolute Gasteiger partial charge is 0.342 e. The quantitative estimate of drug-likeness (QED) is 0.850. The summed E-state index contributed by atoms with van der Waals surface area (Å²) in [6, 6.07) is 7.54. The predicted molar refractivity (Wildman–Crippen MR) is 76.0 cm³/mol. The summed E-state index contributed by atoms with van der Waals surface area (Å²) in [6.45, 7) is 8.30. The molecule has 1 rings (SSSR count). The molecule has 1 aromatic rings. The lowest BCUT2D eigenvalue weighted by Gasteiger charge is -2.26. The summed E-state index contributed by atoms with van der Waals surface area (Å²) in [7, 11) is 1.30. The lowest BCUT2D eigenvalue weighted by Crippen LogP contribution is -2.36. The number of rotatable bonds is 4. The predicted octanol–water partition coefficient (Wildman–Crippen LogP) is 3.14. The number of carbonyl (C=O) groups excluding carboxylic acids is 1. The van der Waals surface area contributed by atoms with Gasteiger partial charge < -0.3 is 9.84 Å². The number of carbonyl (C=O) groups is 1. The third-order valence-corrected chi connectivity index (χ3v) is 3.36. The molecule has 0 radical (unpaired) electrons. The van der Waals surface area contributed by atoms with Gasteiger partial charge in [0.1, 0.15) is 0 Å². The van der Waals surface area contributed by atoms with Crippen molar-refractivity contribution in [2.24, 2.45) is 0 Å². The van der Waals surface area contributed by atoms with Crippen LogP contribution in [0.5, 0.6) is 0 Å². The van der Waals surface area contributed by atoms with Crippen LogP contribution < -0.4 is 0 Å². The van der Waals surface area contributed by atoms with Gasteiger partial charge in [-0.1, -0.05) is 58.4 Å². The van der Waals surface area contributed by atoms with Crippen molar-refractivity contribution in [3.05, 3.63) is 35.4 Å². The minimum absolute atomic E-state index is 0.0483. The highest BCUT2D eigenvalue weighted by Crippen LogP contribution is 2.30. The van der Waals surface area contributed by atoms with E-state index in [2.05, 4.69) is 20.8 Å². The van der Waals surface area contributed by atoms with Crippen LogP contribution in [0.3, 0.4) is 0 Å². The van der Waals surface area contributed by atoms with E-state index in [-0.39, 0.29) is 5.41 Å². The molecule has 0 unspecified atom stereocenters. The molecule has 0 aliphatic rings. The number of benzene rings is 1.